The highest BCUT2D eigenvalue weighted by atomic mass is 16.3. The molecule has 4 aromatic carbocycles. The third kappa shape index (κ3) is 4.63. The molecule has 1 saturated heterocycles. The second kappa shape index (κ2) is 9.20. The largest absolute Gasteiger partial charge is 0.508 e. The highest BCUT2D eigenvalue weighted by molar-refractivity contribution is 5.86. The number of phenolic OH excluding ortho intramolecular Hbond substituents is 1. The second-order valence-electron chi connectivity index (χ2n) is 8.54. The smallest absolute Gasteiger partial charge is 0.119 e. The summed E-state index contributed by atoms with van der Waals surface area (Å²) in [7, 11) is 0. The summed E-state index contributed by atoms with van der Waals surface area (Å²) in [5.41, 5.74) is 5.68. The molecule has 0 amide bonds. The average Bonchev–Trinajstić information content (AvgIpc) is 3.36. The Balaban J connectivity index is 1.35. The molecule has 32 heavy (non-hydrogen) atoms. The Morgan fingerprint density at radius 1 is 0.750 bits per heavy atom. The van der Waals surface area contributed by atoms with Crippen LogP contribution in [-0.4, -0.2) is 18.2 Å². The maximum Gasteiger partial charge on any atom is 0.119 e. The topological polar surface area (TPSA) is 23.5 Å². The van der Waals surface area contributed by atoms with E-state index in [1.54, 1.807) is 0 Å². The predicted molar refractivity (Wildman–Crippen MR) is 133 cm³/mol. The van der Waals surface area contributed by atoms with Crippen LogP contribution in [0, 0.1) is 11.8 Å². The van der Waals surface area contributed by atoms with Crippen LogP contribution in [0.25, 0.3) is 10.8 Å². The number of hydrogen-bond acceptors (Lipinski definition) is 2. The zero-order valence-corrected chi connectivity index (χ0v) is 18.2. The number of hydrogen-bond donors (Lipinski definition) is 1. The summed E-state index contributed by atoms with van der Waals surface area (Å²) in [5.74, 6) is 6.91. The highest BCUT2D eigenvalue weighted by Crippen LogP contribution is 2.29. The molecule has 5 rings (SSSR count). The lowest BCUT2D eigenvalue weighted by Gasteiger charge is -2.17. The van der Waals surface area contributed by atoms with Crippen LogP contribution in [0.3, 0.4) is 0 Å². The van der Waals surface area contributed by atoms with E-state index in [1.807, 2.05) is 36.4 Å². The van der Waals surface area contributed by atoms with Gasteiger partial charge in [0.1, 0.15) is 5.75 Å². The molecule has 1 N–H and O–H groups in total. The zero-order chi connectivity index (χ0) is 21.8. The number of phenols is 1. The first kappa shape index (κ1) is 20.2. The van der Waals surface area contributed by atoms with Crippen molar-refractivity contribution in [2.75, 3.05) is 18.0 Å². The Kier molecular flexibility index (Phi) is 5.81. The van der Waals surface area contributed by atoms with Gasteiger partial charge in [-0.25, -0.2) is 0 Å². The molecule has 0 saturated carbocycles. The lowest BCUT2D eigenvalue weighted by atomic mass is 9.98. The summed E-state index contributed by atoms with van der Waals surface area (Å²) in [5, 5.41) is 12.7. The second-order valence-corrected chi connectivity index (χ2v) is 8.54. The monoisotopic (exact) mass is 417 g/mol. The van der Waals surface area contributed by atoms with Gasteiger partial charge in [0.15, 0.2) is 0 Å². The van der Waals surface area contributed by atoms with E-state index in [0.29, 0.717) is 12.2 Å². The SMILES string of the molecule is Oc1cc2ccc(C#CCc3ccccc3)cc2cc1Cc1ccc(N2CCCC2)cc1. The molecule has 1 fully saturated rings. The van der Waals surface area contributed by atoms with E-state index in [-0.39, 0.29) is 0 Å². The van der Waals surface area contributed by atoms with Gasteiger partial charge < -0.3 is 10.0 Å². The number of anilines is 1. The normalized spacial score (nSPS) is 13.2. The molecule has 1 aliphatic rings. The van der Waals surface area contributed by atoms with Crippen LogP contribution in [0.2, 0.25) is 0 Å². The fourth-order valence-corrected chi connectivity index (χ4v) is 4.42. The van der Waals surface area contributed by atoms with E-state index in [4.69, 9.17) is 0 Å². The van der Waals surface area contributed by atoms with Crippen LogP contribution in [0.15, 0.2) is 84.9 Å². The summed E-state index contributed by atoms with van der Waals surface area (Å²) >= 11 is 0. The van der Waals surface area contributed by atoms with E-state index in [9.17, 15) is 5.11 Å². The number of aromatic hydroxyl groups is 1. The molecule has 0 radical (unpaired) electrons. The Morgan fingerprint density at radius 3 is 2.31 bits per heavy atom. The van der Waals surface area contributed by atoms with E-state index in [0.717, 1.165) is 41.4 Å². The first-order valence-corrected chi connectivity index (χ1v) is 11.4. The molecule has 0 atom stereocenters. The molecule has 0 bridgehead atoms. The Bertz CT molecular complexity index is 1270. The summed E-state index contributed by atoms with van der Waals surface area (Å²) in [6, 6.07) is 29.2. The molecule has 0 aromatic heterocycles. The van der Waals surface area contributed by atoms with Gasteiger partial charge in [-0.2, -0.15) is 0 Å². The number of nitrogens with zero attached hydrogens (tertiary/aromatic N) is 1. The average molecular weight is 418 g/mol. The van der Waals surface area contributed by atoms with Crippen molar-refractivity contribution in [3.05, 3.63) is 107 Å². The van der Waals surface area contributed by atoms with Gasteiger partial charge in [-0.05, 0) is 76.7 Å². The Labute approximate surface area is 190 Å². The van der Waals surface area contributed by atoms with Gasteiger partial charge in [-0.3, -0.25) is 0 Å². The quantitative estimate of drug-likeness (QED) is 0.392. The molecule has 1 heterocycles. The zero-order valence-electron chi connectivity index (χ0n) is 18.2. The van der Waals surface area contributed by atoms with Crippen molar-refractivity contribution in [2.24, 2.45) is 0 Å². The molecule has 1 aliphatic heterocycles. The van der Waals surface area contributed by atoms with Gasteiger partial charge >= 0.3 is 0 Å². The van der Waals surface area contributed by atoms with Crippen molar-refractivity contribution in [3.63, 3.8) is 0 Å². The Hall–Kier alpha value is -3.70. The van der Waals surface area contributed by atoms with Crippen molar-refractivity contribution in [2.45, 2.75) is 25.7 Å². The fraction of sp³-hybridized carbons (Fsp3) is 0.200. The number of fused-ring (bicyclic) bond motifs is 1. The Morgan fingerprint density at radius 2 is 1.53 bits per heavy atom. The highest BCUT2D eigenvalue weighted by Gasteiger charge is 2.12. The molecular weight excluding hydrogens is 390 g/mol. The molecule has 2 nitrogen and oxygen atoms in total. The lowest BCUT2D eigenvalue weighted by molar-refractivity contribution is 0.470. The minimum atomic E-state index is 0.351. The van der Waals surface area contributed by atoms with Gasteiger partial charge in [-0.1, -0.05) is 60.4 Å². The molecule has 2 heteroatoms. The third-order valence-electron chi connectivity index (χ3n) is 6.21. The van der Waals surface area contributed by atoms with E-state index in [2.05, 4.69) is 65.3 Å². The number of benzene rings is 4. The van der Waals surface area contributed by atoms with Crippen LogP contribution in [0.1, 0.15) is 35.1 Å². The van der Waals surface area contributed by atoms with Gasteiger partial charge in [-0.15, -0.1) is 0 Å². The minimum Gasteiger partial charge on any atom is -0.508 e. The van der Waals surface area contributed by atoms with Crippen LogP contribution in [0.5, 0.6) is 5.75 Å². The van der Waals surface area contributed by atoms with Gasteiger partial charge in [0.25, 0.3) is 0 Å². The van der Waals surface area contributed by atoms with Crippen LogP contribution in [0.4, 0.5) is 5.69 Å². The van der Waals surface area contributed by atoms with Crippen LogP contribution in [-0.2, 0) is 12.8 Å². The number of rotatable bonds is 4. The van der Waals surface area contributed by atoms with Gasteiger partial charge in [0, 0.05) is 37.2 Å². The molecule has 4 aromatic rings. The summed E-state index contributed by atoms with van der Waals surface area (Å²) in [6.07, 6.45) is 4.02. The fourth-order valence-electron chi connectivity index (χ4n) is 4.42. The van der Waals surface area contributed by atoms with Gasteiger partial charge in [0.2, 0.25) is 0 Å². The molecule has 0 aliphatic carbocycles. The minimum absolute atomic E-state index is 0.351. The van der Waals surface area contributed by atoms with Crippen LogP contribution < -0.4 is 4.90 Å². The third-order valence-corrected chi connectivity index (χ3v) is 6.21. The molecule has 0 unspecified atom stereocenters. The lowest BCUT2D eigenvalue weighted by Crippen LogP contribution is -2.17. The van der Waals surface area contributed by atoms with Crippen molar-refractivity contribution < 1.29 is 5.11 Å². The van der Waals surface area contributed by atoms with E-state index in [1.165, 1.54) is 29.7 Å². The first-order chi connectivity index (χ1) is 15.7. The molecular formula is C30H27NO. The van der Waals surface area contributed by atoms with E-state index >= 15 is 0 Å². The van der Waals surface area contributed by atoms with Crippen LogP contribution >= 0.6 is 0 Å². The van der Waals surface area contributed by atoms with Gasteiger partial charge in [0.05, 0.1) is 0 Å². The van der Waals surface area contributed by atoms with Crippen molar-refractivity contribution in [3.8, 4) is 17.6 Å². The van der Waals surface area contributed by atoms with E-state index < -0.39 is 0 Å². The standard InChI is InChI=1S/C30H27NO/c32-30-22-26-14-11-24(10-6-9-23-7-2-1-3-8-23)19-27(26)21-28(30)20-25-12-15-29(16-13-25)31-17-4-5-18-31/h1-3,7-8,11-16,19,21-22,32H,4-5,9,17-18,20H2. The van der Waals surface area contributed by atoms with Crippen molar-refractivity contribution in [1.29, 1.82) is 0 Å². The maximum absolute atomic E-state index is 10.6. The maximum atomic E-state index is 10.6. The summed E-state index contributed by atoms with van der Waals surface area (Å²) < 4.78 is 0. The molecule has 158 valence electrons. The van der Waals surface area contributed by atoms with Crippen molar-refractivity contribution >= 4 is 16.5 Å². The van der Waals surface area contributed by atoms with Crippen molar-refractivity contribution in [1.82, 2.24) is 0 Å². The molecule has 0 spiro atoms. The predicted octanol–water partition coefficient (Wildman–Crippen LogP) is 6.33. The first-order valence-electron chi connectivity index (χ1n) is 11.4. The summed E-state index contributed by atoms with van der Waals surface area (Å²) in [4.78, 5) is 2.44. The summed E-state index contributed by atoms with van der Waals surface area (Å²) in [6.45, 7) is 2.31.